The van der Waals surface area contributed by atoms with Crippen molar-refractivity contribution in [2.75, 3.05) is 10.6 Å². The molecule has 1 aromatic heterocycles. The third-order valence-corrected chi connectivity index (χ3v) is 4.01. The van der Waals surface area contributed by atoms with Crippen LogP contribution in [0.2, 0.25) is 0 Å². The standard InChI is InChI=1S/C15H19N3OS/c1-10(2)18(9-11-5-4-8-20-11)14-12(15(17)19)6-3-7-13(14)16/h3-8,10H,9,16H2,1-2H3,(H2,17,19). The highest BCUT2D eigenvalue weighted by Gasteiger charge is 2.20. The van der Waals surface area contributed by atoms with Crippen LogP contribution in [0.15, 0.2) is 35.7 Å². The third kappa shape index (κ3) is 2.93. The van der Waals surface area contributed by atoms with Crippen LogP contribution in [0.25, 0.3) is 0 Å². The quantitative estimate of drug-likeness (QED) is 0.831. The molecule has 0 atom stereocenters. The first-order valence-corrected chi connectivity index (χ1v) is 7.36. The molecule has 2 rings (SSSR count). The summed E-state index contributed by atoms with van der Waals surface area (Å²) in [7, 11) is 0. The second-order valence-corrected chi connectivity index (χ2v) is 5.94. The zero-order valence-corrected chi connectivity index (χ0v) is 12.5. The Balaban J connectivity index is 2.46. The second-order valence-electron chi connectivity index (χ2n) is 4.91. The lowest BCUT2D eigenvalue weighted by Gasteiger charge is -2.31. The number of carbonyl (C=O) groups excluding carboxylic acids is 1. The van der Waals surface area contributed by atoms with Crippen molar-refractivity contribution in [2.24, 2.45) is 5.73 Å². The van der Waals surface area contributed by atoms with Gasteiger partial charge in [0.15, 0.2) is 0 Å². The number of para-hydroxylation sites is 1. The smallest absolute Gasteiger partial charge is 0.250 e. The molecule has 5 heteroatoms. The zero-order chi connectivity index (χ0) is 14.7. The molecule has 0 spiro atoms. The zero-order valence-electron chi connectivity index (χ0n) is 11.7. The van der Waals surface area contributed by atoms with Crippen molar-refractivity contribution >= 4 is 28.6 Å². The van der Waals surface area contributed by atoms with Gasteiger partial charge in [-0.2, -0.15) is 0 Å². The first-order valence-electron chi connectivity index (χ1n) is 6.48. The summed E-state index contributed by atoms with van der Waals surface area (Å²) < 4.78 is 0. The van der Waals surface area contributed by atoms with Gasteiger partial charge in [-0.25, -0.2) is 0 Å². The van der Waals surface area contributed by atoms with Crippen molar-refractivity contribution in [3.63, 3.8) is 0 Å². The molecule has 0 unspecified atom stereocenters. The minimum atomic E-state index is -0.455. The Morgan fingerprint density at radius 3 is 2.60 bits per heavy atom. The van der Waals surface area contributed by atoms with Gasteiger partial charge in [0.25, 0.3) is 5.91 Å². The number of thiophene rings is 1. The Morgan fingerprint density at radius 1 is 1.30 bits per heavy atom. The van der Waals surface area contributed by atoms with Crippen molar-refractivity contribution in [3.8, 4) is 0 Å². The van der Waals surface area contributed by atoms with Crippen molar-refractivity contribution in [2.45, 2.75) is 26.4 Å². The molecule has 1 amide bonds. The number of hydrogen-bond acceptors (Lipinski definition) is 4. The van der Waals surface area contributed by atoms with Gasteiger partial charge in [0.2, 0.25) is 0 Å². The van der Waals surface area contributed by atoms with E-state index in [2.05, 4.69) is 24.8 Å². The van der Waals surface area contributed by atoms with Crippen LogP contribution in [-0.4, -0.2) is 11.9 Å². The summed E-state index contributed by atoms with van der Waals surface area (Å²) in [5.41, 5.74) is 13.3. The van der Waals surface area contributed by atoms with E-state index in [0.717, 1.165) is 5.69 Å². The maximum absolute atomic E-state index is 11.6. The van der Waals surface area contributed by atoms with Crippen LogP contribution in [-0.2, 0) is 6.54 Å². The Bertz CT molecular complexity index is 593. The van der Waals surface area contributed by atoms with E-state index >= 15 is 0 Å². The molecule has 106 valence electrons. The van der Waals surface area contributed by atoms with Crippen molar-refractivity contribution in [1.29, 1.82) is 0 Å². The fourth-order valence-corrected chi connectivity index (χ4v) is 2.87. The molecule has 0 saturated carbocycles. The first kappa shape index (κ1) is 14.4. The number of nitrogens with two attached hydrogens (primary N) is 2. The monoisotopic (exact) mass is 289 g/mol. The van der Waals surface area contributed by atoms with Crippen LogP contribution >= 0.6 is 11.3 Å². The van der Waals surface area contributed by atoms with Gasteiger partial charge in [0, 0.05) is 10.9 Å². The van der Waals surface area contributed by atoms with E-state index in [1.165, 1.54) is 4.88 Å². The van der Waals surface area contributed by atoms with E-state index in [4.69, 9.17) is 11.5 Å². The fourth-order valence-electron chi connectivity index (χ4n) is 2.17. The predicted molar refractivity (Wildman–Crippen MR) is 85.0 cm³/mol. The minimum absolute atomic E-state index is 0.208. The summed E-state index contributed by atoms with van der Waals surface area (Å²) in [6, 6.07) is 9.57. The van der Waals surface area contributed by atoms with Gasteiger partial charge in [0.05, 0.1) is 23.5 Å². The fraction of sp³-hybridized carbons (Fsp3) is 0.267. The number of hydrogen-bond donors (Lipinski definition) is 2. The maximum atomic E-state index is 11.6. The average molecular weight is 289 g/mol. The third-order valence-electron chi connectivity index (χ3n) is 3.15. The predicted octanol–water partition coefficient (Wildman–Crippen LogP) is 2.84. The molecule has 0 saturated heterocycles. The molecular formula is C15H19N3OS. The van der Waals surface area contributed by atoms with Crippen LogP contribution in [0.3, 0.4) is 0 Å². The molecule has 2 aromatic rings. The number of benzene rings is 1. The SMILES string of the molecule is CC(C)N(Cc1cccs1)c1c(N)cccc1C(N)=O. The molecule has 0 aliphatic heterocycles. The molecule has 1 aromatic carbocycles. The summed E-state index contributed by atoms with van der Waals surface area (Å²) in [5, 5.41) is 2.04. The lowest BCUT2D eigenvalue weighted by Crippen LogP contribution is -2.32. The second kappa shape index (κ2) is 5.96. The topological polar surface area (TPSA) is 72.3 Å². The number of nitrogens with zero attached hydrogens (tertiary/aromatic N) is 1. The molecular weight excluding hydrogens is 270 g/mol. The normalized spacial score (nSPS) is 10.8. The highest BCUT2D eigenvalue weighted by atomic mass is 32.1. The molecule has 0 fully saturated rings. The molecule has 4 N–H and O–H groups in total. The Kier molecular flexibility index (Phi) is 4.29. The van der Waals surface area contributed by atoms with Gasteiger partial charge in [-0.05, 0) is 37.4 Å². The van der Waals surface area contributed by atoms with E-state index < -0.39 is 5.91 Å². The van der Waals surface area contributed by atoms with E-state index in [0.29, 0.717) is 17.8 Å². The van der Waals surface area contributed by atoms with Gasteiger partial charge >= 0.3 is 0 Å². The van der Waals surface area contributed by atoms with E-state index in [-0.39, 0.29) is 6.04 Å². The number of amides is 1. The Morgan fingerprint density at radius 2 is 2.05 bits per heavy atom. The molecule has 0 aliphatic rings. The maximum Gasteiger partial charge on any atom is 0.250 e. The van der Waals surface area contributed by atoms with Crippen molar-refractivity contribution < 1.29 is 4.79 Å². The van der Waals surface area contributed by atoms with Crippen molar-refractivity contribution in [3.05, 3.63) is 46.2 Å². The van der Waals surface area contributed by atoms with Crippen LogP contribution in [0.4, 0.5) is 11.4 Å². The summed E-state index contributed by atoms with van der Waals surface area (Å²) >= 11 is 1.68. The summed E-state index contributed by atoms with van der Waals surface area (Å²) in [6.07, 6.45) is 0. The number of primary amides is 1. The van der Waals surface area contributed by atoms with Crippen LogP contribution in [0, 0.1) is 0 Å². The number of carbonyl (C=O) groups is 1. The highest BCUT2D eigenvalue weighted by molar-refractivity contribution is 7.09. The van der Waals surface area contributed by atoms with Crippen LogP contribution < -0.4 is 16.4 Å². The van der Waals surface area contributed by atoms with E-state index in [1.807, 2.05) is 11.4 Å². The van der Waals surface area contributed by atoms with E-state index in [1.54, 1.807) is 29.5 Å². The summed E-state index contributed by atoms with van der Waals surface area (Å²) in [5.74, 6) is -0.455. The van der Waals surface area contributed by atoms with Gasteiger partial charge in [0.1, 0.15) is 0 Å². The van der Waals surface area contributed by atoms with Gasteiger partial charge in [-0.3, -0.25) is 4.79 Å². The molecule has 0 radical (unpaired) electrons. The van der Waals surface area contributed by atoms with E-state index in [9.17, 15) is 4.79 Å². The lowest BCUT2D eigenvalue weighted by atomic mass is 10.1. The first-order chi connectivity index (χ1) is 9.50. The van der Waals surface area contributed by atoms with Gasteiger partial charge in [-0.15, -0.1) is 11.3 Å². The minimum Gasteiger partial charge on any atom is -0.397 e. The number of rotatable bonds is 5. The highest BCUT2D eigenvalue weighted by Crippen LogP contribution is 2.31. The van der Waals surface area contributed by atoms with Gasteiger partial charge < -0.3 is 16.4 Å². The van der Waals surface area contributed by atoms with Crippen LogP contribution in [0.1, 0.15) is 29.1 Å². The molecule has 1 heterocycles. The Hall–Kier alpha value is -2.01. The molecule has 0 aliphatic carbocycles. The Labute approximate surface area is 123 Å². The summed E-state index contributed by atoms with van der Waals surface area (Å²) in [6.45, 7) is 4.86. The summed E-state index contributed by atoms with van der Waals surface area (Å²) in [4.78, 5) is 15.0. The lowest BCUT2D eigenvalue weighted by molar-refractivity contribution is 0.100. The molecule has 4 nitrogen and oxygen atoms in total. The van der Waals surface area contributed by atoms with Gasteiger partial charge in [-0.1, -0.05) is 12.1 Å². The molecule has 0 bridgehead atoms. The molecule has 20 heavy (non-hydrogen) atoms. The average Bonchev–Trinajstić information content (AvgIpc) is 2.88. The number of anilines is 2. The largest absolute Gasteiger partial charge is 0.397 e. The van der Waals surface area contributed by atoms with Crippen LogP contribution in [0.5, 0.6) is 0 Å². The van der Waals surface area contributed by atoms with Crippen molar-refractivity contribution in [1.82, 2.24) is 0 Å². The number of nitrogen functional groups attached to an aromatic ring is 1.